The first-order chi connectivity index (χ1) is 14.5. The highest BCUT2D eigenvalue weighted by Gasteiger charge is 2.53. The summed E-state index contributed by atoms with van der Waals surface area (Å²) in [6.45, 7) is 5.46. The van der Waals surface area contributed by atoms with Crippen LogP contribution in [0, 0.1) is 0 Å². The summed E-state index contributed by atoms with van der Waals surface area (Å²) in [5.74, 6) is -3.17. The SMILES string of the molecule is CC(=O)OC[C@H]1O[C@@H](O/C=C(/CBr)C(C)=O)[C@H](OC(C)=O)[C@@H](OC(C)=O)[C@@H]1OC(C)=O. The van der Waals surface area contributed by atoms with E-state index >= 15 is 0 Å². The van der Waals surface area contributed by atoms with Crippen molar-refractivity contribution < 1.29 is 52.4 Å². The zero-order chi connectivity index (χ0) is 23.7. The Balaban J connectivity index is 3.38. The maximum absolute atomic E-state index is 11.7. The van der Waals surface area contributed by atoms with Gasteiger partial charge in [0.1, 0.15) is 12.7 Å². The fourth-order valence-corrected chi connectivity index (χ4v) is 3.18. The van der Waals surface area contributed by atoms with Crippen molar-refractivity contribution in [2.45, 2.75) is 65.3 Å². The van der Waals surface area contributed by atoms with E-state index in [1.807, 2.05) is 0 Å². The summed E-state index contributed by atoms with van der Waals surface area (Å²) in [6.07, 6.45) is -5.39. The normalized spacial score (nSPS) is 25.7. The maximum Gasteiger partial charge on any atom is 0.303 e. The number of ketones is 1. The van der Waals surface area contributed by atoms with Crippen LogP contribution in [0.3, 0.4) is 0 Å². The quantitative estimate of drug-likeness (QED) is 0.144. The standard InChI is InChI=1S/C19H25BrO11/c1-9(21)14(6-20)7-27-19-18(30-13(5)25)17(29-12(4)24)16(28-11(3)23)15(31-19)8-26-10(2)22/h7,15-19H,6,8H2,1-5H3/b14-7-/t15-,16-,17+,18-,19-/m1/s1. The van der Waals surface area contributed by atoms with Crippen LogP contribution in [0.1, 0.15) is 34.6 Å². The molecule has 12 heteroatoms. The number of rotatable bonds is 9. The van der Waals surface area contributed by atoms with Crippen LogP contribution in [-0.2, 0) is 52.4 Å². The third kappa shape index (κ3) is 8.66. The van der Waals surface area contributed by atoms with Crippen LogP contribution in [0.25, 0.3) is 0 Å². The maximum atomic E-state index is 11.7. The molecule has 0 N–H and O–H groups in total. The molecule has 0 aromatic heterocycles. The van der Waals surface area contributed by atoms with Crippen LogP contribution >= 0.6 is 15.9 Å². The van der Waals surface area contributed by atoms with Crippen molar-refractivity contribution in [3.05, 3.63) is 11.8 Å². The van der Waals surface area contributed by atoms with Gasteiger partial charge in [-0.2, -0.15) is 0 Å². The van der Waals surface area contributed by atoms with E-state index in [0.717, 1.165) is 27.0 Å². The number of carbonyl (C=O) groups is 5. The van der Waals surface area contributed by atoms with Crippen molar-refractivity contribution in [3.8, 4) is 0 Å². The Labute approximate surface area is 187 Å². The molecule has 5 atom stereocenters. The van der Waals surface area contributed by atoms with E-state index in [1.165, 1.54) is 13.8 Å². The summed E-state index contributed by atoms with van der Waals surface area (Å²) in [5, 5.41) is 0.174. The second-order valence-electron chi connectivity index (χ2n) is 6.54. The van der Waals surface area contributed by atoms with E-state index < -0.39 is 54.6 Å². The second-order valence-corrected chi connectivity index (χ2v) is 7.10. The Bertz CT molecular complexity index is 732. The number of esters is 4. The highest BCUT2D eigenvalue weighted by molar-refractivity contribution is 9.09. The van der Waals surface area contributed by atoms with Gasteiger partial charge in [-0.25, -0.2) is 0 Å². The van der Waals surface area contributed by atoms with Crippen molar-refractivity contribution in [2.75, 3.05) is 11.9 Å². The number of hydrogen-bond acceptors (Lipinski definition) is 11. The number of carbonyl (C=O) groups excluding carboxylic acids is 5. The minimum atomic E-state index is -1.38. The van der Waals surface area contributed by atoms with Crippen LogP contribution in [-0.4, -0.2) is 72.3 Å². The van der Waals surface area contributed by atoms with E-state index in [-0.39, 0.29) is 23.3 Å². The molecule has 0 radical (unpaired) electrons. The Morgan fingerprint density at radius 3 is 1.77 bits per heavy atom. The Morgan fingerprint density at radius 2 is 1.32 bits per heavy atom. The van der Waals surface area contributed by atoms with Gasteiger partial charge in [0.15, 0.2) is 18.0 Å². The Kier molecular flexibility index (Phi) is 10.6. The van der Waals surface area contributed by atoms with Crippen molar-refractivity contribution in [1.29, 1.82) is 0 Å². The van der Waals surface area contributed by atoms with Crippen LogP contribution in [0.15, 0.2) is 11.8 Å². The summed E-state index contributed by atoms with van der Waals surface area (Å²) in [7, 11) is 0. The zero-order valence-corrected chi connectivity index (χ0v) is 19.3. The third-order valence-electron chi connectivity index (χ3n) is 3.89. The summed E-state index contributed by atoms with van der Waals surface area (Å²) >= 11 is 3.15. The van der Waals surface area contributed by atoms with E-state index in [1.54, 1.807) is 0 Å². The van der Waals surface area contributed by atoms with Crippen LogP contribution in [0.4, 0.5) is 0 Å². The molecule has 11 nitrogen and oxygen atoms in total. The molecular weight excluding hydrogens is 484 g/mol. The highest BCUT2D eigenvalue weighted by atomic mass is 79.9. The summed E-state index contributed by atoms with van der Waals surface area (Å²) < 4.78 is 32.0. The lowest BCUT2D eigenvalue weighted by Crippen LogP contribution is -2.62. The van der Waals surface area contributed by atoms with E-state index in [2.05, 4.69) is 15.9 Å². The lowest BCUT2D eigenvalue weighted by molar-refractivity contribution is -0.297. The lowest BCUT2D eigenvalue weighted by atomic mass is 9.98. The van der Waals surface area contributed by atoms with Crippen molar-refractivity contribution in [2.24, 2.45) is 0 Å². The topological polar surface area (TPSA) is 141 Å². The van der Waals surface area contributed by atoms with Gasteiger partial charge < -0.3 is 28.4 Å². The third-order valence-corrected chi connectivity index (χ3v) is 4.49. The minimum Gasteiger partial charge on any atom is -0.468 e. The van der Waals surface area contributed by atoms with Gasteiger partial charge in [-0.3, -0.25) is 24.0 Å². The molecular formula is C19H25BrO11. The molecule has 0 spiro atoms. The van der Waals surface area contributed by atoms with Crippen LogP contribution in [0.5, 0.6) is 0 Å². The second kappa shape index (κ2) is 12.4. The lowest BCUT2D eigenvalue weighted by Gasteiger charge is -2.43. The average Bonchev–Trinajstić information content (AvgIpc) is 2.63. The van der Waals surface area contributed by atoms with Gasteiger partial charge in [0.25, 0.3) is 0 Å². The number of halogens is 1. The molecule has 174 valence electrons. The fourth-order valence-electron chi connectivity index (χ4n) is 2.66. The number of alkyl halides is 1. The average molecular weight is 509 g/mol. The molecule has 0 bridgehead atoms. The Morgan fingerprint density at radius 1 is 0.806 bits per heavy atom. The molecule has 0 saturated carbocycles. The monoisotopic (exact) mass is 508 g/mol. The number of hydrogen-bond donors (Lipinski definition) is 0. The molecule has 1 heterocycles. The van der Waals surface area contributed by atoms with E-state index in [4.69, 9.17) is 28.4 Å². The van der Waals surface area contributed by atoms with Gasteiger partial charge >= 0.3 is 23.9 Å². The van der Waals surface area contributed by atoms with Crippen molar-refractivity contribution in [1.82, 2.24) is 0 Å². The molecule has 31 heavy (non-hydrogen) atoms. The van der Waals surface area contributed by atoms with Gasteiger partial charge in [-0.15, -0.1) is 0 Å². The fraction of sp³-hybridized carbons (Fsp3) is 0.632. The largest absolute Gasteiger partial charge is 0.468 e. The van der Waals surface area contributed by atoms with E-state index in [0.29, 0.717) is 0 Å². The van der Waals surface area contributed by atoms with Gasteiger partial charge in [-0.05, 0) is 6.92 Å². The molecule has 0 aromatic carbocycles. The summed E-state index contributed by atoms with van der Waals surface area (Å²) in [5.41, 5.74) is 0.243. The van der Waals surface area contributed by atoms with Gasteiger partial charge in [0.05, 0.1) is 6.26 Å². The molecule has 1 aliphatic rings. The Hall–Kier alpha value is -2.47. The van der Waals surface area contributed by atoms with Crippen LogP contribution in [0.2, 0.25) is 0 Å². The predicted molar refractivity (Wildman–Crippen MR) is 106 cm³/mol. The van der Waals surface area contributed by atoms with Gasteiger partial charge in [0, 0.05) is 38.6 Å². The zero-order valence-electron chi connectivity index (χ0n) is 17.7. The number of Topliss-reactive ketones (excluding diaryl/α,β-unsaturated/α-hetero) is 1. The van der Waals surface area contributed by atoms with Gasteiger partial charge in [-0.1, -0.05) is 15.9 Å². The molecule has 0 unspecified atom stereocenters. The molecule has 0 aliphatic carbocycles. The molecule has 1 fully saturated rings. The summed E-state index contributed by atoms with van der Waals surface area (Å²) in [6, 6.07) is 0. The number of ether oxygens (including phenoxy) is 6. The van der Waals surface area contributed by atoms with Crippen molar-refractivity contribution >= 4 is 45.6 Å². The first-order valence-corrected chi connectivity index (χ1v) is 10.3. The first-order valence-electron chi connectivity index (χ1n) is 9.18. The summed E-state index contributed by atoms with van der Waals surface area (Å²) in [4.78, 5) is 58.0. The van der Waals surface area contributed by atoms with Crippen LogP contribution < -0.4 is 0 Å². The van der Waals surface area contributed by atoms with Crippen molar-refractivity contribution in [3.63, 3.8) is 0 Å². The predicted octanol–water partition coefficient (Wildman–Crippen LogP) is 0.954. The molecule has 1 rings (SSSR count). The minimum absolute atomic E-state index is 0.174. The first kappa shape index (κ1) is 26.6. The smallest absolute Gasteiger partial charge is 0.303 e. The molecule has 1 saturated heterocycles. The van der Waals surface area contributed by atoms with E-state index in [9.17, 15) is 24.0 Å². The number of allylic oxidation sites excluding steroid dienone is 1. The molecule has 1 aliphatic heterocycles. The highest BCUT2D eigenvalue weighted by Crippen LogP contribution is 2.30. The molecule has 0 amide bonds. The van der Waals surface area contributed by atoms with Gasteiger partial charge in [0.2, 0.25) is 12.4 Å². The molecule has 0 aromatic rings.